The van der Waals surface area contributed by atoms with Crippen molar-refractivity contribution >= 4 is 5.78 Å². The largest absolute Gasteiger partial charge is 0.380 e. The maximum absolute atomic E-state index is 13.4. The third-order valence-corrected chi connectivity index (χ3v) is 2.48. The van der Waals surface area contributed by atoms with Gasteiger partial charge < -0.3 is 4.74 Å². The van der Waals surface area contributed by atoms with Crippen LogP contribution in [-0.4, -0.2) is 44.0 Å². The molecule has 0 amide bonds. The molecular weight excluding hydrogens is 240 g/mol. The van der Waals surface area contributed by atoms with Crippen LogP contribution < -0.4 is 0 Å². The summed E-state index contributed by atoms with van der Waals surface area (Å²) in [6, 6.07) is 3.40. The van der Waals surface area contributed by atoms with E-state index in [9.17, 15) is 13.6 Å². The molecule has 0 fully saturated rings. The molecule has 0 atom stereocenters. The van der Waals surface area contributed by atoms with Gasteiger partial charge in [0.2, 0.25) is 0 Å². The average Bonchev–Trinajstić information content (AvgIpc) is 2.29. The van der Waals surface area contributed by atoms with Gasteiger partial charge in [-0.15, -0.1) is 0 Å². The summed E-state index contributed by atoms with van der Waals surface area (Å²) in [6.07, 6.45) is 0. The Morgan fingerprint density at radius 2 is 1.94 bits per heavy atom. The Bertz CT molecular complexity index is 390. The Morgan fingerprint density at radius 3 is 2.50 bits per heavy atom. The van der Waals surface area contributed by atoms with Gasteiger partial charge >= 0.3 is 0 Å². The van der Waals surface area contributed by atoms with Gasteiger partial charge in [-0.05, 0) is 26.1 Å². The number of carbonyl (C=O) groups excluding carboxylic acids is 1. The highest BCUT2D eigenvalue weighted by molar-refractivity contribution is 5.98. The Balaban J connectivity index is 2.60. The molecular formula is C13H17F2NO2. The van der Waals surface area contributed by atoms with E-state index in [0.717, 1.165) is 12.1 Å². The predicted molar refractivity (Wildman–Crippen MR) is 64.7 cm³/mol. The molecule has 0 N–H and O–H groups in total. The van der Waals surface area contributed by atoms with Crippen LogP contribution in [0.25, 0.3) is 0 Å². The van der Waals surface area contributed by atoms with Crippen molar-refractivity contribution in [2.24, 2.45) is 0 Å². The van der Waals surface area contributed by atoms with E-state index in [1.54, 1.807) is 11.9 Å². The van der Waals surface area contributed by atoms with Crippen molar-refractivity contribution in [1.82, 2.24) is 4.90 Å². The third-order valence-electron chi connectivity index (χ3n) is 2.48. The summed E-state index contributed by atoms with van der Waals surface area (Å²) in [5.74, 6) is -2.21. The lowest BCUT2D eigenvalue weighted by Crippen LogP contribution is -2.30. The Kier molecular flexibility index (Phi) is 5.88. The van der Waals surface area contributed by atoms with Crippen LogP contribution in [0.3, 0.4) is 0 Å². The highest BCUT2D eigenvalue weighted by Gasteiger charge is 2.18. The normalized spacial score (nSPS) is 10.9. The molecule has 0 aliphatic rings. The molecule has 0 aliphatic heterocycles. The van der Waals surface area contributed by atoms with E-state index in [1.165, 1.54) is 6.07 Å². The molecule has 0 aliphatic carbocycles. The first kappa shape index (κ1) is 14.7. The van der Waals surface area contributed by atoms with Crippen molar-refractivity contribution in [1.29, 1.82) is 0 Å². The Hall–Kier alpha value is -1.33. The minimum Gasteiger partial charge on any atom is -0.380 e. The van der Waals surface area contributed by atoms with Crippen LogP contribution in [0.15, 0.2) is 18.2 Å². The number of ether oxygens (including phenoxy) is 1. The van der Waals surface area contributed by atoms with Crippen LogP contribution >= 0.6 is 0 Å². The molecule has 3 nitrogen and oxygen atoms in total. The van der Waals surface area contributed by atoms with Crippen LogP contribution in [0.1, 0.15) is 17.3 Å². The van der Waals surface area contributed by atoms with Crippen LogP contribution in [-0.2, 0) is 4.74 Å². The third kappa shape index (κ3) is 4.16. The maximum Gasteiger partial charge on any atom is 0.182 e. The van der Waals surface area contributed by atoms with Gasteiger partial charge in [-0.25, -0.2) is 8.78 Å². The summed E-state index contributed by atoms with van der Waals surface area (Å²) in [4.78, 5) is 13.4. The topological polar surface area (TPSA) is 29.5 Å². The summed E-state index contributed by atoms with van der Waals surface area (Å²) in [5.41, 5.74) is -0.472. The van der Waals surface area contributed by atoms with E-state index >= 15 is 0 Å². The summed E-state index contributed by atoms with van der Waals surface area (Å²) in [6.45, 7) is 3.46. The van der Waals surface area contributed by atoms with Crippen molar-refractivity contribution in [3.05, 3.63) is 35.4 Å². The van der Waals surface area contributed by atoms with Gasteiger partial charge in [-0.1, -0.05) is 6.07 Å². The smallest absolute Gasteiger partial charge is 0.182 e. The van der Waals surface area contributed by atoms with Gasteiger partial charge in [0, 0.05) is 13.2 Å². The first-order valence-electron chi connectivity index (χ1n) is 5.79. The fourth-order valence-electron chi connectivity index (χ4n) is 1.53. The molecule has 18 heavy (non-hydrogen) atoms. The number of nitrogens with zero attached hydrogens (tertiary/aromatic N) is 1. The molecule has 0 bridgehead atoms. The van der Waals surface area contributed by atoms with Gasteiger partial charge in [0.05, 0.1) is 18.7 Å². The lowest BCUT2D eigenvalue weighted by atomic mass is 10.1. The second-order valence-electron chi connectivity index (χ2n) is 3.95. The number of rotatable bonds is 7. The monoisotopic (exact) mass is 257 g/mol. The molecule has 0 saturated heterocycles. The lowest BCUT2D eigenvalue weighted by molar-refractivity contribution is 0.0889. The van der Waals surface area contributed by atoms with Gasteiger partial charge in [-0.3, -0.25) is 9.69 Å². The number of Topliss-reactive ketones (excluding diaryl/α,β-unsaturated/α-hetero) is 1. The van der Waals surface area contributed by atoms with E-state index in [4.69, 9.17) is 4.74 Å². The number of benzene rings is 1. The number of likely N-dealkylation sites (N-methyl/N-ethyl adjacent to an activating group) is 1. The zero-order chi connectivity index (χ0) is 13.5. The molecule has 0 unspecified atom stereocenters. The second-order valence-corrected chi connectivity index (χ2v) is 3.95. The number of hydrogen-bond acceptors (Lipinski definition) is 3. The highest BCUT2D eigenvalue weighted by Crippen LogP contribution is 2.13. The number of hydrogen-bond donors (Lipinski definition) is 0. The van der Waals surface area contributed by atoms with Gasteiger partial charge in [0.25, 0.3) is 0 Å². The van der Waals surface area contributed by atoms with E-state index < -0.39 is 23.0 Å². The zero-order valence-corrected chi connectivity index (χ0v) is 10.6. The minimum atomic E-state index is -0.821. The van der Waals surface area contributed by atoms with Gasteiger partial charge in [-0.2, -0.15) is 0 Å². The molecule has 0 saturated carbocycles. The molecule has 1 aromatic rings. The molecule has 1 rings (SSSR count). The maximum atomic E-state index is 13.4. The fourth-order valence-corrected chi connectivity index (χ4v) is 1.53. The molecule has 0 radical (unpaired) electrons. The number of carbonyl (C=O) groups is 1. The summed E-state index contributed by atoms with van der Waals surface area (Å²) >= 11 is 0. The van der Waals surface area contributed by atoms with E-state index in [1.807, 2.05) is 6.92 Å². The van der Waals surface area contributed by atoms with Gasteiger partial charge in [0.1, 0.15) is 11.6 Å². The highest BCUT2D eigenvalue weighted by atomic mass is 19.1. The summed E-state index contributed by atoms with van der Waals surface area (Å²) < 4.78 is 31.8. The number of halogens is 2. The Labute approximate surface area is 105 Å². The SMILES string of the molecule is CCOCCN(C)CC(=O)c1c(F)cccc1F. The molecule has 5 heteroatoms. The second kappa shape index (κ2) is 7.18. The van der Waals surface area contributed by atoms with E-state index in [2.05, 4.69) is 0 Å². The van der Waals surface area contributed by atoms with Crippen molar-refractivity contribution in [2.45, 2.75) is 6.92 Å². The van der Waals surface area contributed by atoms with Crippen LogP contribution in [0.4, 0.5) is 8.78 Å². The van der Waals surface area contributed by atoms with Crippen LogP contribution in [0.5, 0.6) is 0 Å². The average molecular weight is 257 g/mol. The summed E-state index contributed by atoms with van der Waals surface area (Å²) in [7, 11) is 1.70. The van der Waals surface area contributed by atoms with E-state index in [-0.39, 0.29) is 6.54 Å². The van der Waals surface area contributed by atoms with Crippen LogP contribution in [0.2, 0.25) is 0 Å². The fraction of sp³-hybridized carbons (Fsp3) is 0.462. The molecule has 1 aromatic carbocycles. The molecule has 100 valence electrons. The van der Waals surface area contributed by atoms with Crippen molar-refractivity contribution < 1.29 is 18.3 Å². The zero-order valence-electron chi connectivity index (χ0n) is 10.6. The molecule has 0 aromatic heterocycles. The number of ketones is 1. The van der Waals surface area contributed by atoms with Gasteiger partial charge in [0.15, 0.2) is 5.78 Å². The molecule has 0 heterocycles. The minimum absolute atomic E-state index is 0.0368. The summed E-state index contributed by atoms with van der Waals surface area (Å²) in [5, 5.41) is 0. The standard InChI is InChI=1S/C13H17F2NO2/c1-3-18-8-7-16(2)9-12(17)13-10(14)5-4-6-11(13)15/h4-6H,3,7-9H2,1-2H3. The lowest BCUT2D eigenvalue weighted by Gasteiger charge is -2.15. The van der Waals surface area contributed by atoms with Crippen LogP contribution in [0, 0.1) is 11.6 Å². The first-order chi connectivity index (χ1) is 8.56. The first-order valence-corrected chi connectivity index (χ1v) is 5.79. The van der Waals surface area contributed by atoms with E-state index in [0.29, 0.717) is 19.8 Å². The van der Waals surface area contributed by atoms with Crippen molar-refractivity contribution in [2.75, 3.05) is 33.4 Å². The molecule has 0 spiro atoms. The quantitative estimate of drug-likeness (QED) is 0.553. The van der Waals surface area contributed by atoms with Crippen molar-refractivity contribution in [3.63, 3.8) is 0 Å². The Morgan fingerprint density at radius 1 is 1.33 bits per heavy atom. The predicted octanol–water partition coefficient (Wildman–Crippen LogP) is 2.12. The van der Waals surface area contributed by atoms with Crippen molar-refractivity contribution in [3.8, 4) is 0 Å².